The van der Waals surface area contributed by atoms with Crippen LogP contribution in [0.5, 0.6) is 0 Å². The number of piperidine rings is 1. The van der Waals surface area contributed by atoms with Crippen LogP contribution < -0.4 is 10.6 Å². The summed E-state index contributed by atoms with van der Waals surface area (Å²) >= 11 is 0. The highest BCUT2D eigenvalue weighted by Gasteiger charge is 2.41. The highest BCUT2D eigenvalue weighted by Crippen LogP contribution is 2.41. The molecule has 4 heterocycles. The van der Waals surface area contributed by atoms with E-state index in [1.165, 1.54) is 0 Å². The summed E-state index contributed by atoms with van der Waals surface area (Å²) in [4.78, 5) is 27.8. The van der Waals surface area contributed by atoms with Crippen LogP contribution in [-0.4, -0.2) is 52.7 Å². The van der Waals surface area contributed by atoms with Crippen LogP contribution in [0, 0.1) is 11.8 Å². The molecule has 5 rings (SSSR count). The van der Waals surface area contributed by atoms with Gasteiger partial charge in [0.05, 0.1) is 18.0 Å². The van der Waals surface area contributed by atoms with Crippen LogP contribution in [0.15, 0.2) is 36.7 Å². The number of nitrogens with one attached hydrogen (secondary N) is 2. The number of para-hydroxylation sites is 1. The van der Waals surface area contributed by atoms with E-state index in [1.54, 1.807) is 4.68 Å². The minimum atomic E-state index is -0.0836. The third kappa shape index (κ3) is 3.23. The van der Waals surface area contributed by atoms with Crippen molar-refractivity contribution in [2.75, 3.05) is 31.5 Å². The Morgan fingerprint density at radius 2 is 1.97 bits per heavy atom. The number of aromatic nitrogens is 2. The molecule has 152 valence electrons. The van der Waals surface area contributed by atoms with Crippen LogP contribution >= 0.6 is 0 Å². The number of carbonyl (C=O) groups excluding carboxylic acids is 2. The first-order chi connectivity index (χ1) is 14.1. The van der Waals surface area contributed by atoms with E-state index < -0.39 is 0 Å². The number of anilines is 1. The van der Waals surface area contributed by atoms with E-state index in [9.17, 15) is 9.59 Å². The third-order valence-electron chi connectivity index (χ3n) is 6.84. The third-order valence-corrected chi connectivity index (χ3v) is 6.84. The minimum Gasteiger partial charge on any atom is -0.342 e. The van der Waals surface area contributed by atoms with Gasteiger partial charge in [0.1, 0.15) is 0 Å². The molecule has 1 unspecified atom stereocenters. The predicted molar refractivity (Wildman–Crippen MR) is 109 cm³/mol. The van der Waals surface area contributed by atoms with Crippen LogP contribution in [0.1, 0.15) is 35.8 Å². The normalized spacial score (nSPS) is 27.1. The largest absolute Gasteiger partial charge is 0.342 e. The Morgan fingerprint density at radius 3 is 2.72 bits per heavy atom. The molecule has 3 aliphatic heterocycles. The molecule has 7 nitrogen and oxygen atoms in total. The maximum Gasteiger partial charge on any atom is 0.232 e. The molecule has 3 atom stereocenters. The van der Waals surface area contributed by atoms with Gasteiger partial charge in [-0.2, -0.15) is 5.10 Å². The molecule has 2 saturated heterocycles. The van der Waals surface area contributed by atoms with Crippen molar-refractivity contribution in [3.05, 3.63) is 47.8 Å². The Hall–Kier alpha value is -2.67. The van der Waals surface area contributed by atoms with Gasteiger partial charge in [0.15, 0.2) is 0 Å². The van der Waals surface area contributed by atoms with Gasteiger partial charge in [-0.05, 0) is 36.0 Å². The molecule has 2 fully saturated rings. The van der Waals surface area contributed by atoms with Gasteiger partial charge in [0, 0.05) is 51.0 Å². The number of carbonyl (C=O) groups is 2. The van der Waals surface area contributed by atoms with Gasteiger partial charge < -0.3 is 15.5 Å². The number of fused-ring (bicyclic) bond motifs is 1. The topological polar surface area (TPSA) is 79.3 Å². The first-order valence-electron chi connectivity index (χ1n) is 10.5. The van der Waals surface area contributed by atoms with E-state index in [0.717, 1.165) is 55.8 Å². The summed E-state index contributed by atoms with van der Waals surface area (Å²) in [6, 6.07) is 7.98. The van der Waals surface area contributed by atoms with Gasteiger partial charge in [-0.25, -0.2) is 0 Å². The van der Waals surface area contributed by atoms with E-state index >= 15 is 0 Å². The van der Waals surface area contributed by atoms with Crippen LogP contribution in [-0.2, 0) is 16.6 Å². The number of hydrogen-bond acceptors (Lipinski definition) is 4. The fourth-order valence-corrected chi connectivity index (χ4v) is 5.31. The Morgan fingerprint density at radius 1 is 1.17 bits per heavy atom. The average Bonchev–Trinajstić information content (AvgIpc) is 3.45. The molecular formula is C22H27N5O2. The predicted octanol–water partition coefficient (Wildman–Crippen LogP) is 1.70. The van der Waals surface area contributed by atoms with Gasteiger partial charge in [0.2, 0.25) is 11.8 Å². The zero-order valence-corrected chi connectivity index (χ0v) is 16.7. The van der Waals surface area contributed by atoms with Crippen molar-refractivity contribution in [1.29, 1.82) is 0 Å². The van der Waals surface area contributed by atoms with Crippen molar-refractivity contribution < 1.29 is 9.59 Å². The fourth-order valence-electron chi connectivity index (χ4n) is 5.31. The summed E-state index contributed by atoms with van der Waals surface area (Å²) in [7, 11) is 1.91. The van der Waals surface area contributed by atoms with Gasteiger partial charge in [-0.1, -0.05) is 18.2 Å². The molecule has 2 aromatic rings. The van der Waals surface area contributed by atoms with Crippen LogP contribution in [0.25, 0.3) is 0 Å². The molecule has 2 N–H and O–H groups in total. The Kier molecular flexibility index (Phi) is 4.62. The smallest absolute Gasteiger partial charge is 0.232 e. The second-order valence-electron chi connectivity index (χ2n) is 8.54. The SMILES string of the molecule is Cn1cc([C@H]2CNC[C@@H]2C(=O)N2CCC(C3C(=O)Nc4ccccc43)CC2)cn1. The average molecular weight is 393 g/mol. The van der Waals surface area contributed by atoms with Crippen molar-refractivity contribution in [3.8, 4) is 0 Å². The molecule has 0 saturated carbocycles. The minimum absolute atomic E-state index is 0.0359. The van der Waals surface area contributed by atoms with Crippen molar-refractivity contribution in [2.45, 2.75) is 24.7 Å². The van der Waals surface area contributed by atoms with E-state index in [2.05, 4.69) is 21.8 Å². The van der Waals surface area contributed by atoms with E-state index in [4.69, 9.17) is 0 Å². The fraction of sp³-hybridized carbons (Fsp3) is 0.500. The van der Waals surface area contributed by atoms with Gasteiger partial charge in [0.25, 0.3) is 0 Å². The number of hydrogen-bond donors (Lipinski definition) is 2. The second kappa shape index (κ2) is 7.30. The van der Waals surface area contributed by atoms with Crippen molar-refractivity contribution in [2.24, 2.45) is 18.9 Å². The highest BCUT2D eigenvalue weighted by atomic mass is 16.2. The first kappa shape index (κ1) is 18.4. The summed E-state index contributed by atoms with van der Waals surface area (Å²) in [5.74, 6) is 0.692. The van der Waals surface area contributed by atoms with Crippen molar-refractivity contribution >= 4 is 17.5 Å². The van der Waals surface area contributed by atoms with E-state index in [0.29, 0.717) is 5.92 Å². The van der Waals surface area contributed by atoms with E-state index in [-0.39, 0.29) is 29.6 Å². The number of rotatable bonds is 3. The summed E-state index contributed by atoms with van der Waals surface area (Å²) in [6.07, 6.45) is 5.63. The lowest BCUT2D eigenvalue weighted by atomic mass is 9.80. The monoisotopic (exact) mass is 393 g/mol. The molecule has 0 aliphatic carbocycles. The molecule has 0 bridgehead atoms. The molecule has 0 radical (unpaired) electrons. The Labute approximate surface area is 170 Å². The summed E-state index contributed by atoms with van der Waals surface area (Å²) in [6.45, 7) is 2.99. The molecule has 29 heavy (non-hydrogen) atoms. The number of likely N-dealkylation sites (tertiary alicyclic amines) is 1. The first-order valence-corrected chi connectivity index (χ1v) is 10.5. The van der Waals surface area contributed by atoms with E-state index in [1.807, 2.05) is 42.5 Å². The molecular weight excluding hydrogens is 366 g/mol. The van der Waals surface area contributed by atoms with Gasteiger partial charge >= 0.3 is 0 Å². The summed E-state index contributed by atoms with van der Waals surface area (Å²) < 4.78 is 1.80. The van der Waals surface area contributed by atoms with Crippen molar-refractivity contribution in [3.63, 3.8) is 0 Å². The van der Waals surface area contributed by atoms with Crippen LogP contribution in [0.3, 0.4) is 0 Å². The standard InChI is InChI=1S/C22H27N5O2/c1-26-13-15(10-24-26)17-11-23-12-18(17)22(29)27-8-6-14(7-9-27)20-16-4-2-3-5-19(16)25-21(20)28/h2-5,10,13-14,17-18,20,23H,6-9,11-12H2,1H3,(H,25,28)/t17-,18+,20?/m1/s1. The zero-order valence-electron chi connectivity index (χ0n) is 16.7. The van der Waals surface area contributed by atoms with Crippen molar-refractivity contribution in [1.82, 2.24) is 20.0 Å². The second-order valence-corrected chi connectivity index (χ2v) is 8.54. The zero-order chi connectivity index (χ0) is 20.0. The number of benzene rings is 1. The summed E-state index contributed by atoms with van der Waals surface area (Å²) in [5, 5.41) is 10.7. The lowest BCUT2D eigenvalue weighted by Gasteiger charge is -2.36. The summed E-state index contributed by atoms with van der Waals surface area (Å²) in [5.41, 5.74) is 3.18. The molecule has 1 aromatic heterocycles. The number of nitrogens with zero attached hydrogens (tertiary/aromatic N) is 3. The van der Waals surface area contributed by atoms with Gasteiger partial charge in [-0.15, -0.1) is 0 Å². The highest BCUT2D eigenvalue weighted by molar-refractivity contribution is 6.03. The van der Waals surface area contributed by atoms with Crippen LogP contribution in [0.2, 0.25) is 0 Å². The molecule has 3 aliphatic rings. The maximum atomic E-state index is 13.3. The molecule has 7 heteroatoms. The van der Waals surface area contributed by atoms with Gasteiger partial charge in [-0.3, -0.25) is 14.3 Å². The number of aryl methyl sites for hydroxylation is 1. The number of amides is 2. The Bertz CT molecular complexity index is 931. The van der Waals surface area contributed by atoms with Crippen LogP contribution in [0.4, 0.5) is 5.69 Å². The lowest BCUT2D eigenvalue weighted by molar-refractivity contribution is -0.137. The molecule has 1 aromatic carbocycles. The maximum absolute atomic E-state index is 13.3. The quantitative estimate of drug-likeness (QED) is 0.832. The molecule has 0 spiro atoms. The lowest BCUT2D eigenvalue weighted by Crippen LogP contribution is -2.44. The Balaban J connectivity index is 1.25. The molecule has 2 amide bonds.